The van der Waals surface area contributed by atoms with E-state index >= 15 is 0 Å². The third-order valence-electron chi connectivity index (χ3n) is 10.5. The number of carbonyl (C=O) groups excluding carboxylic acids is 3. The minimum absolute atomic E-state index is 0.0159. The van der Waals surface area contributed by atoms with Crippen LogP contribution >= 0.6 is 0 Å². The number of aromatic amines is 2. The third-order valence-corrected chi connectivity index (χ3v) is 10.5. The second-order valence-electron chi connectivity index (χ2n) is 14.7. The Morgan fingerprint density at radius 3 is 2.13 bits per heavy atom. The Hall–Kier alpha value is -5.30. The van der Waals surface area contributed by atoms with E-state index in [0.717, 1.165) is 70.2 Å². The molecule has 3 amide bonds. The van der Waals surface area contributed by atoms with Crippen molar-refractivity contribution < 1.29 is 19.1 Å². The van der Waals surface area contributed by atoms with E-state index in [1.54, 1.807) is 4.90 Å². The number of nitrogens with zero attached hydrogens (tertiary/aromatic N) is 5. The van der Waals surface area contributed by atoms with E-state index in [9.17, 15) is 14.4 Å². The Labute approximate surface area is 302 Å². The lowest BCUT2D eigenvalue weighted by Gasteiger charge is -2.29. The molecule has 3 aromatic heterocycles. The Morgan fingerprint density at radius 1 is 0.808 bits per heavy atom. The van der Waals surface area contributed by atoms with Gasteiger partial charge in [0, 0.05) is 30.4 Å². The van der Waals surface area contributed by atoms with Gasteiger partial charge in [0.25, 0.3) is 0 Å². The number of alkyl carbamates (subject to hydrolysis) is 1. The summed E-state index contributed by atoms with van der Waals surface area (Å²) in [6, 6.07) is 13.2. The molecule has 0 bridgehead atoms. The predicted octanol–water partition coefficient (Wildman–Crippen LogP) is 5.86. The number of carbonyl (C=O) groups is 3. The summed E-state index contributed by atoms with van der Waals surface area (Å²) in [4.78, 5) is 63.4. The normalized spacial score (nSPS) is 18.8. The van der Waals surface area contributed by atoms with Crippen molar-refractivity contribution in [2.75, 3.05) is 20.2 Å². The SMILES string of the molecule is COC(=O)N[C@H](C(=O)N1CCC[C@H]1c1nc2ncc(-c3ccc4cc(-c5cnc([C@@H]6CCCN6C(=O)[C@@H](N)C(C)C)[nH]5)ccc4c3)cc2[nH]1)C(C)C. The lowest BCUT2D eigenvalue weighted by atomic mass is 10.00. The lowest BCUT2D eigenvalue weighted by Crippen LogP contribution is -2.51. The van der Waals surface area contributed by atoms with Crippen LogP contribution < -0.4 is 11.1 Å². The topological polar surface area (TPSA) is 175 Å². The molecule has 4 atom stereocenters. The first-order valence-electron chi connectivity index (χ1n) is 18.2. The zero-order chi connectivity index (χ0) is 36.7. The van der Waals surface area contributed by atoms with Crippen LogP contribution in [-0.4, -0.2) is 84.9 Å². The lowest BCUT2D eigenvalue weighted by molar-refractivity contribution is -0.136. The molecule has 13 nitrogen and oxygen atoms in total. The van der Waals surface area contributed by atoms with E-state index in [2.05, 4.69) is 56.7 Å². The van der Waals surface area contributed by atoms with Gasteiger partial charge in [-0.3, -0.25) is 9.59 Å². The molecule has 2 aliphatic rings. The molecule has 0 saturated carbocycles. The highest BCUT2D eigenvalue weighted by atomic mass is 16.5. The summed E-state index contributed by atoms with van der Waals surface area (Å²) in [7, 11) is 1.29. The largest absolute Gasteiger partial charge is 0.453 e. The van der Waals surface area contributed by atoms with Gasteiger partial charge in [0.15, 0.2) is 5.65 Å². The van der Waals surface area contributed by atoms with E-state index < -0.39 is 18.2 Å². The number of fused-ring (bicyclic) bond motifs is 2. The molecule has 52 heavy (non-hydrogen) atoms. The number of amides is 3. The van der Waals surface area contributed by atoms with Gasteiger partial charge >= 0.3 is 6.09 Å². The Morgan fingerprint density at radius 2 is 1.46 bits per heavy atom. The van der Waals surface area contributed by atoms with Crippen LogP contribution in [0.1, 0.15) is 77.1 Å². The van der Waals surface area contributed by atoms with Crippen molar-refractivity contribution in [2.24, 2.45) is 17.6 Å². The van der Waals surface area contributed by atoms with Gasteiger partial charge in [-0.05, 0) is 72.1 Å². The average Bonchev–Trinajstić information content (AvgIpc) is 3.97. The van der Waals surface area contributed by atoms with Crippen molar-refractivity contribution in [3.8, 4) is 22.4 Å². The van der Waals surface area contributed by atoms with Gasteiger partial charge in [0.2, 0.25) is 11.8 Å². The van der Waals surface area contributed by atoms with Crippen molar-refractivity contribution >= 4 is 39.8 Å². The summed E-state index contributed by atoms with van der Waals surface area (Å²) < 4.78 is 4.76. The quantitative estimate of drug-likeness (QED) is 0.148. The number of aromatic nitrogens is 5. The van der Waals surface area contributed by atoms with Crippen molar-refractivity contribution in [3.63, 3.8) is 0 Å². The highest BCUT2D eigenvalue weighted by molar-refractivity contribution is 5.91. The number of hydrogen-bond acceptors (Lipinski definition) is 8. The van der Waals surface area contributed by atoms with E-state index in [0.29, 0.717) is 24.6 Å². The summed E-state index contributed by atoms with van der Waals surface area (Å²) >= 11 is 0. The molecule has 5 aromatic rings. The summed E-state index contributed by atoms with van der Waals surface area (Å²) in [5.74, 6) is 1.28. The second-order valence-corrected chi connectivity index (χ2v) is 14.7. The van der Waals surface area contributed by atoms with Crippen molar-refractivity contribution in [3.05, 3.63) is 66.5 Å². The average molecular weight is 706 g/mol. The van der Waals surface area contributed by atoms with Crippen molar-refractivity contribution in [1.29, 1.82) is 0 Å². The Bertz CT molecular complexity index is 2120. The monoisotopic (exact) mass is 705 g/mol. The predicted molar refractivity (Wildman–Crippen MR) is 199 cm³/mol. The summed E-state index contributed by atoms with van der Waals surface area (Å²) in [5, 5.41) is 4.87. The van der Waals surface area contributed by atoms with E-state index in [1.807, 2.05) is 51.1 Å². The zero-order valence-electron chi connectivity index (χ0n) is 30.3. The van der Waals surface area contributed by atoms with Gasteiger partial charge in [-0.1, -0.05) is 52.0 Å². The molecule has 2 aromatic carbocycles. The van der Waals surface area contributed by atoms with E-state index in [4.69, 9.17) is 20.4 Å². The summed E-state index contributed by atoms with van der Waals surface area (Å²) in [5.41, 5.74) is 11.5. The minimum Gasteiger partial charge on any atom is -0.453 e. The van der Waals surface area contributed by atoms with Crippen LogP contribution in [0, 0.1) is 11.8 Å². The number of benzene rings is 2. The number of nitrogens with two attached hydrogens (primary N) is 1. The third kappa shape index (κ3) is 6.72. The Kier molecular flexibility index (Phi) is 9.71. The van der Waals surface area contributed by atoms with Gasteiger partial charge < -0.3 is 35.6 Å². The zero-order valence-corrected chi connectivity index (χ0v) is 30.3. The molecule has 2 saturated heterocycles. The Balaban J connectivity index is 1.09. The number of hydrogen-bond donors (Lipinski definition) is 4. The highest BCUT2D eigenvalue weighted by Gasteiger charge is 2.38. The molecule has 2 aliphatic heterocycles. The first kappa shape index (κ1) is 35.1. The smallest absolute Gasteiger partial charge is 0.407 e. The molecule has 0 spiro atoms. The summed E-state index contributed by atoms with van der Waals surface area (Å²) in [6.07, 6.45) is 6.43. The minimum atomic E-state index is -0.697. The fourth-order valence-electron chi connectivity index (χ4n) is 7.46. The van der Waals surface area contributed by atoms with Gasteiger partial charge in [-0.15, -0.1) is 0 Å². The molecule has 7 rings (SSSR count). The number of likely N-dealkylation sites (tertiary alicyclic amines) is 2. The maximum Gasteiger partial charge on any atom is 0.407 e. The maximum atomic E-state index is 13.6. The number of H-pyrrole nitrogens is 2. The van der Waals surface area contributed by atoms with Crippen LogP contribution in [0.3, 0.4) is 0 Å². The number of rotatable bonds is 9. The van der Waals surface area contributed by atoms with Gasteiger partial charge in [-0.25, -0.2) is 19.7 Å². The van der Waals surface area contributed by atoms with Gasteiger partial charge in [0.05, 0.1) is 42.6 Å². The molecule has 5 N–H and O–H groups in total. The number of ether oxygens (including phenoxy) is 1. The van der Waals surface area contributed by atoms with Crippen molar-refractivity contribution in [1.82, 2.24) is 40.0 Å². The number of methoxy groups -OCH3 is 1. The van der Waals surface area contributed by atoms with Crippen molar-refractivity contribution in [2.45, 2.75) is 77.5 Å². The standard InChI is InChI=1S/C39H47N9O4/c1-21(2)32(40)37(49)47-14-6-8-30(47)35-42-20-29(44-35)26-13-12-23-16-25(11-10-24(23)17-26)27-18-28-34(41-19-27)46-36(43-28)31-9-7-15-48(31)38(50)33(22(3)4)45-39(51)52-5/h10-13,16-22,30-33H,6-9,14-15,40H2,1-5H3,(H,42,44)(H,45,51)(H,41,43,46)/t30-,31-,32-,33-/m0/s1. The van der Waals surface area contributed by atoms with Gasteiger partial charge in [-0.2, -0.15) is 0 Å². The highest BCUT2D eigenvalue weighted by Crippen LogP contribution is 2.35. The van der Waals surface area contributed by atoms with E-state index in [1.165, 1.54) is 7.11 Å². The van der Waals surface area contributed by atoms with Crippen LogP contribution in [0.2, 0.25) is 0 Å². The van der Waals surface area contributed by atoms with Crippen LogP contribution in [0.15, 0.2) is 54.9 Å². The molecule has 13 heteroatoms. The molecule has 0 aliphatic carbocycles. The number of imidazole rings is 2. The number of nitrogens with one attached hydrogen (secondary N) is 3. The van der Waals surface area contributed by atoms with Crippen LogP contribution in [0.25, 0.3) is 44.3 Å². The molecule has 272 valence electrons. The molecular formula is C39H47N9O4. The van der Waals surface area contributed by atoms with Crippen LogP contribution in [0.5, 0.6) is 0 Å². The van der Waals surface area contributed by atoms with Crippen LogP contribution in [0.4, 0.5) is 4.79 Å². The van der Waals surface area contributed by atoms with E-state index in [-0.39, 0.29) is 35.7 Å². The molecule has 0 unspecified atom stereocenters. The number of pyridine rings is 1. The molecule has 2 fully saturated rings. The van der Waals surface area contributed by atoms with Crippen LogP contribution in [-0.2, 0) is 14.3 Å². The fourth-order valence-corrected chi connectivity index (χ4v) is 7.46. The second kappa shape index (κ2) is 14.4. The first-order chi connectivity index (χ1) is 25.0. The molecule has 0 radical (unpaired) electrons. The summed E-state index contributed by atoms with van der Waals surface area (Å²) in [6.45, 7) is 9.02. The molecular weight excluding hydrogens is 658 g/mol. The van der Waals surface area contributed by atoms with Gasteiger partial charge in [0.1, 0.15) is 17.7 Å². The first-order valence-corrected chi connectivity index (χ1v) is 18.2. The fraction of sp³-hybridized carbons (Fsp3) is 0.436. The molecule has 5 heterocycles. The maximum absolute atomic E-state index is 13.6.